The van der Waals surface area contributed by atoms with Crippen LogP contribution in [0, 0.1) is 5.92 Å². The Labute approximate surface area is 107 Å². The van der Waals surface area contributed by atoms with Crippen molar-refractivity contribution in [1.82, 2.24) is 20.2 Å². The highest BCUT2D eigenvalue weighted by molar-refractivity contribution is 7.99. The Kier molecular flexibility index (Phi) is 4.79. The monoisotopic (exact) mass is 255 g/mol. The first-order chi connectivity index (χ1) is 8.35. The summed E-state index contributed by atoms with van der Waals surface area (Å²) in [6, 6.07) is 0. The molecule has 6 heteroatoms. The van der Waals surface area contributed by atoms with E-state index in [4.69, 9.17) is 5.73 Å². The lowest BCUT2D eigenvalue weighted by Gasteiger charge is -2.29. The summed E-state index contributed by atoms with van der Waals surface area (Å²) < 4.78 is 1.83. The SMILES string of the molecule is CCC1CCCCC1Sc1nnnn1CCN. The van der Waals surface area contributed by atoms with Gasteiger partial charge in [-0.1, -0.05) is 37.9 Å². The first kappa shape index (κ1) is 12.8. The van der Waals surface area contributed by atoms with Crippen LogP contribution in [0.3, 0.4) is 0 Å². The van der Waals surface area contributed by atoms with E-state index >= 15 is 0 Å². The van der Waals surface area contributed by atoms with Crippen molar-refractivity contribution in [3.63, 3.8) is 0 Å². The normalized spacial score (nSPS) is 25.1. The summed E-state index contributed by atoms with van der Waals surface area (Å²) in [6.07, 6.45) is 6.62. The van der Waals surface area contributed by atoms with Gasteiger partial charge in [-0.05, 0) is 29.2 Å². The molecule has 0 aliphatic heterocycles. The number of tetrazole rings is 1. The Morgan fingerprint density at radius 2 is 2.24 bits per heavy atom. The lowest BCUT2D eigenvalue weighted by molar-refractivity contribution is 0.360. The molecule has 0 bridgehead atoms. The van der Waals surface area contributed by atoms with E-state index in [0.717, 1.165) is 11.1 Å². The number of hydrogen-bond acceptors (Lipinski definition) is 5. The molecule has 0 amide bonds. The summed E-state index contributed by atoms with van der Waals surface area (Å²) in [5.41, 5.74) is 5.55. The molecule has 0 spiro atoms. The number of nitrogens with two attached hydrogens (primary N) is 1. The Hall–Kier alpha value is -0.620. The van der Waals surface area contributed by atoms with Crippen LogP contribution in [0.1, 0.15) is 39.0 Å². The van der Waals surface area contributed by atoms with E-state index in [0.29, 0.717) is 18.3 Å². The third-order valence-electron chi connectivity index (χ3n) is 3.46. The van der Waals surface area contributed by atoms with E-state index in [2.05, 4.69) is 22.4 Å². The van der Waals surface area contributed by atoms with Crippen LogP contribution in [0.15, 0.2) is 5.16 Å². The van der Waals surface area contributed by atoms with E-state index in [1.54, 1.807) is 0 Å². The molecule has 17 heavy (non-hydrogen) atoms. The maximum Gasteiger partial charge on any atom is 0.209 e. The fourth-order valence-electron chi connectivity index (χ4n) is 2.47. The van der Waals surface area contributed by atoms with Gasteiger partial charge in [-0.3, -0.25) is 0 Å². The van der Waals surface area contributed by atoms with Crippen molar-refractivity contribution < 1.29 is 0 Å². The maximum absolute atomic E-state index is 5.55. The molecular weight excluding hydrogens is 234 g/mol. The number of nitrogens with zero attached hydrogens (tertiary/aromatic N) is 4. The van der Waals surface area contributed by atoms with Gasteiger partial charge in [-0.2, -0.15) is 0 Å². The molecule has 2 rings (SSSR count). The molecule has 2 atom stereocenters. The quantitative estimate of drug-likeness (QED) is 0.867. The first-order valence-electron chi connectivity index (χ1n) is 6.48. The van der Waals surface area contributed by atoms with Gasteiger partial charge in [0.2, 0.25) is 5.16 Å². The first-order valence-corrected chi connectivity index (χ1v) is 7.36. The van der Waals surface area contributed by atoms with Crippen LogP contribution in [0.25, 0.3) is 0 Å². The standard InChI is InChI=1S/C11H21N5S/c1-2-9-5-3-4-6-10(9)17-11-13-14-15-16(11)8-7-12/h9-10H,2-8,12H2,1H3. The van der Waals surface area contributed by atoms with Crippen molar-refractivity contribution in [2.45, 2.75) is 56.0 Å². The van der Waals surface area contributed by atoms with Crippen LogP contribution in [0.4, 0.5) is 0 Å². The van der Waals surface area contributed by atoms with Gasteiger partial charge >= 0.3 is 0 Å². The second-order valence-corrected chi connectivity index (χ2v) is 5.79. The molecule has 1 saturated carbocycles. The van der Waals surface area contributed by atoms with Gasteiger partial charge in [0.25, 0.3) is 0 Å². The third kappa shape index (κ3) is 3.19. The van der Waals surface area contributed by atoms with Crippen molar-refractivity contribution in [3.8, 4) is 0 Å². The van der Waals surface area contributed by atoms with Crippen molar-refractivity contribution in [3.05, 3.63) is 0 Å². The zero-order valence-electron chi connectivity index (χ0n) is 10.4. The molecule has 1 aliphatic carbocycles. The summed E-state index contributed by atoms with van der Waals surface area (Å²) >= 11 is 1.84. The number of thioether (sulfide) groups is 1. The average Bonchev–Trinajstić information content (AvgIpc) is 2.78. The summed E-state index contributed by atoms with van der Waals surface area (Å²) in [4.78, 5) is 0. The minimum Gasteiger partial charge on any atom is -0.329 e. The Bertz CT molecular complexity index is 340. The van der Waals surface area contributed by atoms with Gasteiger partial charge in [0.15, 0.2) is 0 Å². The Morgan fingerprint density at radius 1 is 1.41 bits per heavy atom. The zero-order valence-corrected chi connectivity index (χ0v) is 11.2. The van der Waals surface area contributed by atoms with Gasteiger partial charge < -0.3 is 5.73 Å². The second-order valence-electron chi connectivity index (χ2n) is 4.58. The van der Waals surface area contributed by atoms with Crippen LogP contribution < -0.4 is 5.73 Å². The molecule has 1 aromatic rings. The summed E-state index contributed by atoms with van der Waals surface area (Å²) in [5, 5.41) is 13.4. The molecule has 0 radical (unpaired) electrons. The van der Waals surface area contributed by atoms with Crippen molar-refractivity contribution in [1.29, 1.82) is 0 Å². The molecule has 0 aromatic carbocycles. The van der Waals surface area contributed by atoms with E-state index in [9.17, 15) is 0 Å². The van der Waals surface area contributed by atoms with Gasteiger partial charge in [-0.15, -0.1) is 5.10 Å². The summed E-state index contributed by atoms with van der Waals surface area (Å²) in [5.74, 6) is 0.816. The molecule has 1 fully saturated rings. The fraction of sp³-hybridized carbons (Fsp3) is 0.909. The zero-order chi connectivity index (χ0) is 12.1. The minimum atomic E-state index is 0.584. The van der Waals surface area contributed by atoms with Crippen LogP contribution in [0.5, 0.6) is 0 Å². The van der Waals surface area contributed by atoms with Crippen LogP contribution in [-0.4, -0.2) is 32.0 Å². The Morgan fingerprint density at radius 3 is 3.00 bits per heavy atom. The van der Waals surface area contributed by atoms with Crippen LogP contribution in [0.2, 0.25) is 0 Å². The van der Waals surface area contributed by atoms with E-state index < -0.39 is 0 Å². The molecule has 2 unspecified atom stereocenters. The average molecular weight is 255 g/mol. The van der Waals surface area contributed by atoms with Gasteiger partial charge in [-0.25, -0.2) is 4.68 Å². The molecule has 5 nitrogen and oxygen atoms in total. The van der Waals surface area contributed by atoms with Crippen LogP contribution >= 0.6 is 11.8 Å². The molecule has 0 saturated heterocycles. The smallest absolute Gasteiger partial charge is 0.209 e. The highest BCUT2D eigenvalue weighted by Gasteiger charge is 2.26. The predicted octanol–water partition coefficient (Wildman–Crippen LogP) is 1.69. The molecule has 1 aromatic heterocycles. The van der Waals surface area contributed by atoms with Crippen molar-refractivity contribution in [2.75, 3.05) is 6.54 Å². The topological polar surface area (TPSA) is 69.6 Å². The van der Waals surface area contributed by atoms with Crippen molar-refractivity contribution in [2.24, 2.45) is 11.7 Å². The molecule has 96 valence electrons. The Balaban J connectivity index is 2.00. The summed E-state index contributed by atoms with van der Waals surface area (Å²) in [7, 11) is 0. The second kappa shape index (κ2) is 6.35. The third-order valence-corrected chi connectivity index (χ3v) is 4.89. The molecule has 1 heterocycles. The predicted molar refractivity (Wildman–Crippen MR) is 68.8 cm³/mol. The van der Waals surface area contributed by atoms with Crippen molar-refractivity contribution >= 4 is 11.8 Å². The van der Waals surface area contributed by atoms with E-state index in [-0.39, 0.29) is 0 Å². The van der Waals surface area contributed by atoms with E-state index in [1.807, 2.05) is 16.4 Å². The number of hydrogen-bond donors (Lipinski definition) is 1. The molecule has 1 aliphatic rings. The fourth-order valence-corrected chi connectivity index (χ4v) is 3.88. The van der Waals surface area contributed by atoms with Gasteiger partial charge in [0, 0.05) is 11.8 Å². The lowest BCUT2D eigenvalue weighted by Crippen LogP contribution is -2.22. The van der Waals surface area contributed by atoms with Gasteiger partial charge in [0.1, 0.15) is 0 Å². The number of rotatable bonds is 5. The minimum absolute atomic E-state index is 0.584. The maximum atomic E-state index is 5.55. The summed E-state index contributed by atoms with van der Waals surface area (Å²) in [6.45, 7) is 3.58. The molecule has 2 N–H and O–H groups in total. The highest BCUT2D eigenvalue weighted by atomic mass is 32.2. The van der Waals surface area contributed by atoms with E-state index in [1.165, 1.54) is 32.1 Å². The largest absolute Gasteiger partial charge is 0.329 e. The van der Waals surface area contributed by atoms with Gasteiger partial charge in [0.05, 0.1) is 6.54 Å². The molecular formula is C11H21N5S. The highest BCUT2D eigenvalue weighted by Crippen LogP contribution is 2.37. The van der Waals surface area contributed by atoms with Crippen LogP contribution in [-0.2, 0) is 6.54 Å². The number of aromatic nitrogens is 4. The lowest BCUT2D eigenvalue weighted by atomic mass is 9.87.